The van der Waals surface area contributed by atoms with Crippen molar-refractivity contribution >= 4 is 32.1 Å². The zero-order valence-corrected chi connectivity index (χ0v) is 10.9. The van der Waals surface area contributed by atoms with Gasteiger partial charge in [0.15, 0.2) is 6.04 Å². The number of carboxylic acids is 1. The molecule has 0 fully saturated rings. The van der Waals surface area contributed by atoms with Gasteiger partial charge in [-0.05, 0) is 11.1 Å². The minimum absolute atomic E-state index is 0.0572. The van der Waals surface area contributed by atoms with Gasteiger partial charge in [-0.15, -0.1) is 0 Å². The highest BCUT2D eigenvalue weighted by Gasteiger charge is 2.40. The molecule has 0 aromatic heterocycles. The Hall–Kier alpha value is -1.80. The van der Waals surface area contributed by atoms with E-state index in [4.69, 9.17) is 15.8 Å². The summed E-state index contributed by atoms with van der Waals surface area (Å²) in [4.78, 5) is 23.6. The molecule has 0 saturated heterocycles. The quantitative estimate of drug-likeness (QED) is 0.825. The molecule has 0 radical (unpaired) electrons. The van der Waals surface area contributed by atoms with Crippen molar-refractivity contribution in [2.75, 3.05) is 0 Å². The van der Waals surface area contributed by atoms with E-state index in [1.165, 1.54) is 0 Å². The zero-order valence-electron chi connectivity index (χ0n) is 9.32. The van der Waals surface area contributed by atoms with Gasteiger partial charge in [0.2, 0.25) is 0 Å². The average molecular weight is 306 g/mol. The van der Waals surface area contributed by atoms with Crippen LogP contribution >= 0.6 is 10.7 Å². The molecule has 1 aromatic rings. The van der Waals surface area contributed by atoms with Gasteiger partial charge in [-0.1, -0.05) is 24.3 Å². The van der Waals surface area contributed by atoms with Crippen LogP contribution < -0.4 is 0 Å². The van der Waals surface area contributed by atoms with E-state index in [1.54, 1.807) is 24.3 Å². The predicted octanol–water partition coefficient (Wildman–Crippen LogP) is 1.25. The van der Waals surface area contributed by atoms with E-state index in [0.717, 1.165) is 4.90 Å². The van der Waals surface area contributed by atoms with Crippen LogP contribution in [0.15, 0.2) is 24.3 Å². The van der Waals surface area contributed by atoms with Gasteiger partial charge >= 0.3 is 21.4 Å². The molecule has 1 aliphatic heterocycles. The Labute approximate surface area is 113 Å². The van der Waals surface area contributed by atoms with Gasteiger partial charge in [0.1, 0.15) is 0 Å². The van der Waals surface area contributed by atoms with Crippen LogP contribution in [0, 0.1) is 0 Å². The molecule has 2 rings (SSSR count). The molecule has 1 aliphatic rings. The van der Waals surface area contributed by atoms with E-state index >= 15 is 0 Å². The second-order valence-electron chi connectivity index (χ2n) is 3.81. The number of carboxylic acid groups (broad SMARTS) is 1. The molecule has 1 heterocycles. The summed E-state index contributed by atoms with van der Waals surface area (Å²) in [6.07, 6.45) is -1.32. The Morgan fingerprint density at radius 2 is 2.00 bits per heavy atom. The van der Waals surface area contributed by atoms with Crippen LogP contribution in [-0.4, -0.2) is 30.5 Å². The molecule has 19 heavy (non-hydrogen) atoms. The number of rotatable bonds is 2. The molecule has 0 aliphatic carbocycles. The summed E-state index contributed by atoms with van der Waals surface area (Å²) in [5, 5.41) is 9.15. The Morgan fingerprint density at radius 1 is 1.37 bits per heavy atom. The SMILES string of the molecule is O=C(O)C1c2ccccc2CN1C(=O)OS(=O)(=O)Cl. The van der Waals surface area contributed by atoms with Crippen LogP contribution in [0.25, 0.3) is 0 Å². The summed E-state index contributed by atoms with van der Waals surface area (Å²) < 4.78 is 25.4. The Bertz CT molecular complexity index is 643. The largest absolute Gasteiger partial charge is 0.479 e. The number of halogens is 1. The molecule has 0 spiro atoms. The maximum absolute atomic E-state index is 11.6. The van der Waals surface area contributed by atoms with Gasteiger partial charge in [0.25, 0.3) is 0 Å². The molecule has 1 amide bonds. The van der Waals surface area contributed by atoms with Crippen molar-refractivity contribution in [2.24, 2.45) is 0 Å². The monoisotopic (exact) mass is 305 g/mol. The fraction of sp³-hybridized carbons (Fsp3) is 0.200. The molecular weight excluding hydrogens is 298 g/mol. The standard InChI is InChI=1S/C10H8ClNO6S/c11-19(16,17)18-10(15)12-5-6-3-1-2-4-7(6)8(12)9(13)14/h1-4,8H,5H2,(H,13,14). The third-order valence-corrected chi connectivity index (χ3v) is 3.17. The van der Waals surface area contributed by atoms with E-state index in [2.05, 4.69) is 4.18 Å². The summed E-state index contributed by atoms with van der Waals surface area (Å²) in [6.45, 7) is -0.0572. The number of nitrogens with zero attached hydrogens (tertiary/aromatic N) is 1. The molecular formula is C10H8ClNO6S. The smallest absolute Gasteiger partial charge is 0.427 e. The van der Waals surface area contributed by atoms with Crippen molar-refractivity contribution in [1.29, 1.82) is 0 Å². The number of aliphatic carboxylic acids is 1. The second kappa shape index (κ2) is 4.71. The summed E-state index contributed by atoms with van der Waals surface area (Å²) in [5.41, 5.74) is 1.03. The van der Waals surface area contributed by atoms with E-state index in [9.17, 15) is 18.0 Å². The van der Waals surface area contributed by atoms with Crippen LogP contribution in [0.3, 0.4) is 0 Å². The number of fused-ring (bicyclic) bond motifs is 1. The summed E-state index contributed by atoms with van der Waals surface area (Å²) in [5.74, 6) is -1.28. The number of carbonyl (C=O) groups is 2. The first-order chi connectivity index (χ1) is 8.79. The summed E-state index contributed by atoms with van der Waals surface area (Å²) >= 11 is 0. The lowest BCUT2D eigenvalue weighted by atomic mass is 10.1. The van der Waals surface area contributed by atoms with Gasteiger partial charge in [0.05, 0.1) is 17.2 Å². The van der Waals surface area contributed by atoms with Crippen LogP contribution in [-0.2, 0) is 24.9 Å². The molecule has 9 heteroatoms. The van der Waals surface area contributed by atoms with Gasteiger partial charge in [-0.2, -0.15) is 8.42 Å². The molecule has 1 unspecified atom stereocenters. The predicted molar refractivity (Wildman–Crippen MR) is 63.6 cm³/mol. The van der Waals surface area contributed by atoms with E-state index < -0.39 is 27.4 Å². The first kappa shape index (κ1) is 13.6. The Kier molecular flexibility index (Phi) is 3.38. The normalized spacial score (nSPS) is 17.9. The van der Waals surface area contributed by atoms with Crippen LogP contribution in [0.2, 0.25) is 0 Å². The third-order valence-electron chi connectivity index (χ3n) is 2.64. The fourth-order valence-electron chi connectivity index (χ4n) is 1.96. The molecule has 7 nitrogen and oxygen atoms in total. The molecule has 102 valence electrons. The summed E-state index contributed by atoms with van der Waals surface area (Å²) in [7, 11) is 0.291. The third kappa shape index (κ3) is 2.79. The van der Waals surface area contributed by atoms with Crippen molar-refractivity contribution in [1.82, 2.24) is 4.90 Å². The fourth-order valence-corrected chi connectivity index (χ4v) is 2.38. The minimum atomic E-state index is -4.51. The number of carbonyl (C=O) groups excluding carboxylic acids is 1. The molecule has 0 saturated carbocycles. The van der Waals surface area contributed by atoms with E-state index in [0.29, 0.717) is 11.1 Å². The van der Waals surface area contributed by atoms with Gasteiger partial charge < -0.3 is 9.29 Å². The highest BCUT2D eigenvalue weighted by Crippen LogP contribution is 2.34. The maximum atomic E-state index is 11.6. The zero-order chi connectivity index (χ0) is 14.2. The number of hydrogen-bond donors (Lipinski definition) is 1. The van der Waals surface area contributed by atoms with E-state index in [-0.39, 0.29) is 6.54 Å². The maximum Gasteiger partial charge on any atom is 0.427 e. The van der Waals surface area contributed by atoms with Crippen molar-refractivity contribution in [3.05, 3.63) is 35.4 Å². The average Bonchev–Trinajstić information content (AvgIpc) is 2.65. The molecule has 0 bridgehead atoms. The molecule has 1 atom stereocenters. The van der Waals surface area contributed by atoms with Crippen molar-refractivity contribution in [2.45, 2.75) is 12.6 Å². The molecule has 1 aromatic carbocycles. The Balaban J connectivity index is 2.34. The minimum Gasteiger partial charge on any atom is -0.479 e. The lowest BCUT2D eigenvalue weighted by Crippen LogP contribution is -2.34. The van der Waals surface area contributed by atoms with Crippen molar-refractivity contribution in [3.63, 3.8) is 0 Å². The van der Waals surface area contributed by atoms with Crippen molar-refractivity contribution < 1.29 is 27.3 Å². The number of benzene rings is 1. The van der Waals surface area contributed by atoms with Crippen molar-refractivity contribution in [3.8, 4) is 0 Å². The highest BCUT2D eigenvalue weighted by molar-refractivity contribution is 8.10. The highest BCUT2D eigenvalue weighted by atomic mass is 35.7. The lowest BCUT2D eigenvalue weighted by molar-refractivity contribution is -0.142. The Morgan fingerprint density at radius 3 is 2.58 bits per heavy atom. The first-order valence-corrected chi connectivity index (χ1v) is 7.28. The van der Waals surface area contributed by atoms with Gasteiger partial charge in [-0.3, -0.25) is 4.90 Å². The van der Waals surface area contributed by atoms with Crippen LogP contribution in [0.1, 0.15) is 17.2 Å². The topological polar surface area (TPSA) is 101 Å². The van der Waals surface area contributed by atoms with Crippen LogP contribution in [0.5, 0.6) is 0 Å². The van der Waals surface area contributed by atoms with Gasteiger partial charge in [-0.25, -0.2) is 9.59 Å². The molecule has 1 N–H and O–H groups in total. The number of amides is 1. The first-order valence-electron chi connectivity index (χ1n) is 5.05. The number of hydrogen-bond acceptors (Lipinski definition) is 5. The lowest BCUT2D eigenvalue weighted by Gasteiger charge is -2.19. The second-order valence-corrected chi connectivity index (χ2v) is 5.90. The van der Waals surface area contributed by atoms with E-state index in [1.807, 2.05) is 0 Å². The van der Waals surface area contributed by atoms with Gasteiger partial charge in [0, 0.05) is 0 Å². The van der Waals surface area contributed by atoms with Crippen LogP contribution in [0.4, 0.5) is 4.79 Å². The summed E-state index contributed by atoms with van der Waals surface area (Å²) in [6, 6.07) is 5.22.